The number of benzene rings is 1. The zero-order valence-electron chi connectivity index (χ0n) is 9.16. The van der Waals surface area contributed by atoms with Crippen molar-refractivity contribution in [1.82, 2.24) is 0 Å². The fourth-order valence-corrected chi connectivity index (χ4v) is 3.48. The molecular weight excluding hydrogens is 266 g/mol. The highest BCUT2D eigenvalue weighted by atomic mass is 79.9. The fraction of sp³-hybridized carbons (Fsp3) is 0.538. The van der Waals surface area contributed by atoms with Crippen LogP contribution in [0.1, 0.15) is 24.8 Å². The first-order chi connectivity index (χ1) is 7.74. The Morgan fingerprint density at radius 3 is 2.56 bits per heavy atom. The van der Waals surface area contributed by atoms with Gasteiger partial charge in [-0.25, -0.2) is 0 Å². The van der Waals surface area contributed by atoms with E-state index in [9.17, 15) is 0 Å². The van der Waals surface area contributed by atoms with Crippen molar-refractivity contribution >= 4 is 15.9 Å². The molecule has 2 fully saturated rings. The molecule has 0 aliphatic carbocycles. The van der Waals surface area contributed by atoms with Gasteiger partial charge in [0.05, 0.1) is 12.2 Å². The molecule has 0 radical (unpaired) electrons. The van der Waals surface area contributed by atoms with E-state index in [1.165, 1.54) is 12.0 Å². The van der Waals surface area contributed by atoms with Crippen LogP contribution in [0, 0.1) is 0 Å². The number of halogens is 1. The van der Waals surface area contributed by atoms with Crippen LogP contribution in [-0.4, -0.2) is 18.8 Å². The van der Waals surface area contributed by atoms with Gasteiger partial charge < -0.3 is 10.5 Å². The Bertz CT molecular complexity index is 391. The minimum atomic E-state index is 0.0730. The van der Waals surface area contributed by atoms with Crippen molar-refractivity contribution in [1.29, 1.82) is 0 Å². The molecule has 1 aromatic carbocycles. The van der Waals surface area contributed by atoms with E-state index in [4.69, 9.17) is 10.5 Å². The van der Waals surface area contributed by atoms with Crippen molar-refractivity contribution in [2.75, 3.05) is 6.54 Å². The van der Waals surface area contributed by atoms with Gasteiger partial charge in [-0.15, -0.1) is 0 Å². The Morgan fingerprint density at radius 2 is 2.06 bits per heavy atom. The van der Waals surface area contributed by atoms with Gasteiger partial charge in [0.25, 0.3) is 0 Å². The lowest BCUT2D eigenvalue weighted by molar-refractivity contribution is 0.0857. The summed E-state index contributed by atoms with van der Waals surface area (Å²) < 4.78 is 7.09. The molecule has 1 aromatic rings. The van der Waals surface area contributed by atoms with Crippen LogP contribution >= 0.6 is 15.9 Å². The third-order valence-corrected chi connectivity index (χ3v) is 4.63. The average molecular weight is 282 g/mol. The van der Waals surface area contributed by atoms with Crippen molar-refractivity contribution < 1.29 is 4.74 Å². The molecule has 2 heterocycles. The number of nitrogens with two attached hydrogens (primary N) is 1. The first kappa shape index (κ1) is 10.8. The summed E-state index contributed by atoms with van der Waals surface area (Å²) in [6.45, 7) is 0.690. The molecule has 16 heavy (non-hydrogen) atoms. The Balaban J connectivity index is 1.99. The molecule has 2 N–H and O–H groups in total. The van der Waals surface area contributed by atoms with Gasteiger partial charge in [-0.2, -0.15) is 0 Å². The molecule has 2 nitrogen and oxygen atoms in total. The van der Waals surface area contributed by atoms with Gasteiger partial charge in [-0.1, -0.05) is 28.1 Å². The third kappa shape index (κ3) is 1.45. The summed E-state index contributed by atoms with van der Waals surface area (Å²) >= 11 is 3.47. The minimum Gasteiger partial charge on any atom is -0.374 e. The van der Waals surface area contributed by atoms with Crippen LogP contribution in [0.4, 0.5) is 0 Å². The van der Waals surface area contributed by atoms with Crippen molar-refractivity contribution in [2.45, 2.75) is 36.9 Å². The number of ether oxygens (including phenoxy) is 1. The van der Waals surface area contributed by atoms with Crippen molar-refractivity contribution in [2.24, 2.45) is 5.73 Å². The van der Waals surface area contributed by atoms with E-state index in [1.807, 2.05) is 0 Å². The first-order valence-corrected chi connectivity index (χ1v) is 6.65. The highest BCUT2D eigenvalue weighted by molar-refractivity contribution is 9.10. The lowest BCUT2D eigenvalue weighted by Crippen LogP contribution is -2.43. The summed E-state index contributed by atoms with van der Waals surface area (Å²) in [5.41, 5.74) is 7.45. The molecule has 2 saturated heterocycles. The predicted octanol–water partition coefficient (Wildman–Crippen LogP) is 2.60. The highest BCUT2D eigenvalue weighted by Crippen LogP contribution is 2.48. The average Bonchev–Trinajstić information content (AvgIpc) is 2.90. The Labute approximate surface area is 104 Å². The molecule has 2 aliphatic rings. The van der Waals surface area contributed by atoms with E-state index in [0.717, 1.165) is 17.3 Å². The van der Waals surface area contributed by atoms with Gasteiger partial charge in [0.2, 0.25) is 0 Å². The van der Waals surface area contributed by atoms with E-state index in [0.29, 0.717) is 18.8 Å². The van der Waals surface area contributed by atoms with Gasteiger partial charge in [0.15, 0.2) is 0 Å². The summed E-state index contributed by atoms with van der Waals surface area (Å²) in [5.74, 6) is 0. The summed E-state index contributed by atoms with van der Waals surface area (Å²) in [7, 11) is 0. The van der Waals surface area contributed by atoms with Crippen LogP contribution in [0.2, 0.25) is 0 Å². The number of hydrogen-bond acceptors (Lipinski definition) is 2. The molecule has 2 bridgehead atoms. The lowest BCUT2D eigenvalue weighted by Gasteiger charge is -2.34. The van der Waals surface area contributed by atoms with Gasteiger partial charge in [-0.3, -0.25) is 0 Å². The predicted molar refractivity (Wildman–Crippen MR) is 67.4 cm³/mol. The van der Waals surface area contributed by atoms with Crippen molar-refractivity contribution in [3.63, 3.8) is 0 Å². The molecular formula is C13H16BrNO. The zero-order valence-corrected chi connectivity index (χ0v) is 10.7. The Morgan fingerprint density at radius 1 is 1.31 bits per heavy atom. The zero-order chi connectivity index (χ0) is 11.2. The molecule has 3 rings (SSSR count). The second-order valence-corrected chi connectivity index (χ2v) is 5.81. The van der Waals surface area contributed by atoms with Crippen LogP contribution in [-0.2, 0) is 10.2 Å². The van der Waals surface area contributed by atoms with Gasteiger partial charge in [-0.05, 0) is 37.0 Å². The number of rotatable bonds is 2. The molecule has 3 heteroatoms. The largest absolute Gasteiger partial charge is 0.374 e. The molecule has 2 aliphatic heterocycles. The first-order valence-electron chi connectivity index (χ1n) is 5.86. The van der Waals surface area contributed by atoms with Crippen LogP contribution < -0.4 is 5.73 Å². The topological polar surface area (TPSA) is 35.2 Å². The van der Waals surface area contributed by atoms with Gasteiger partial charge in [0, 0.05) is 16.4 Å². The number of hydrogen-bond donors (Lipinski definition) is 1. The van der Waals surface area contributed by atoms with E-state index < -0.39 is 0 Å². The van der Waals surface area contributed by atoms with Gasteiger partial charge >= 0.3 is 0 Å². The van der Waals surface area contributed by atoms with Crippen LogP contribution in [0.5, 0.6) is 0 Å². The van der Waals surface area contributed by atoms with Gasteiger partial charge in [0.1, 0.15) is 0 Å². The van der Waals surface area contributed by atoms with E-state index in [1.54, 1.807) is 0 Å². The maximum Gasteiger partial charge on any atom is 0.0689 e. The summed E-state index contributed by atoms with van der Waals surface area (Å²) in [4.78, 5) is 0. The van der Waals surface area contributed by atoms with Crippen LogP contribution in [0.25, 0.3) is 0 Å². The standard InChI is InChI=1S/C13H16BrNO/c14-10-3-1-9(2-4-10)13(8-15)7-11-5-6-12(13)16-11/h1-4,11-12H,5-8,15H2. The SMILES string of the molecule is NCC1(c2ccc(Br)cc2)CC2CCC1O2. The lowest BCUT2D eigenvalue weighted by atomic mass is 9.69. The summed E-state index contributed by atoms with van der Waals surface area (Å²) in [6.07, 6.45) is 4.25. The molecule has 86 valence electrons. The van der Waals surface area contributed by atoms with Crippen molar-refractivity contribution in [3.05, 3.63) is 34.3 Å². The Hall–Kier alpha value is -0.380. The molecule has 0 aromatic heterocycles. The second-order valence-electron chi connectivity index (χ2n) is 4.90. The van der Waals surface area contributed by atoms with Crippen molar-refractivity contribution in [3.8, 4) is 0 Å². The van der Waals surface area contributed by atoms with E-state index in [2.05, 4.69) is 40.2 Å². The second kappa shape index (κ2) is 3.83. The molecule has 0 amide bonds. The smallest absolute Gasteiger partial charge is 0.0689 e. The van der Waals surface area contributed by atoms with Crippen LogP contribution in [0.3, 0.4) is 0 Å². The molecule has 0 saturated carbocycles. The Kier molecular flexibility index (Phi) is 2.57. The maximum absolute atomic E-state index is 6.03. The molecule has 0 spiro atoms. The monoisotopic (exact) mass is 281 g/mol. The van der Waals surface area contributed by atoms with E-state index >= 15 is 0 Å². The molecule has 3 atom stereocenters. The normalized spacial score (nSPS) is 36.9. The summed E-state index contributed by atoms with van der Waals surface area (Å²) in [6, 6.07) is 8.56. The fourth-order valence-electron chi connectivity index (χ4n) is 3.22. The number of fused-ring (bicyclic) bond motifs is 2. The molecule has 3 unspecified atom stereocenters. The quantitative estimate of drug-likeness (QED) is 0.905. The van der Waals surface area contributed by atoms with Crippen LogP contribution in [0.15, 0.2) is 28.7 Å². The summed E-state index contributed by atoms with van der Waals surface area (Å²) in [5, 5.41) is 0. The highest BCUT2D eigenvalue weighted by Gasteiger charge is 2.52. The third-order valence-electron chi connectivity index (χ3n) is 4.10. The minimum absolute atomic E-state index is 0.0730. The van der Waals surface area contributed by atoms with E-state index in [-0.39, 0.29) is 5.41 Å². The maximum atomic E-state index is 6.03.